The van der Waals surface area contributed by atoms with Crippen LogP contribution in [0.25, 0.3) is 0 Å². The van der Waals surface area contributed by atoms with Crippen LogP contribution in [-0.4, -0.2) is 17.8 Å². The van der Waals surface area contributed by atoms with E-state index in [-0.39, 0.29) is 12.1 Å². The molecule has 0 atom stereocenters. The van der Waals surface area contributed by atoms with Crippen LogP contribution >= 0.6 is 0 Å². The maximum Gasteiger partial charge on any atom is 0.338 e. The number of nitrogens with one attached hydrogen (secondary N) is 1. The summed E-state index contributed by atoms with van der Waals surface area (Å²) in [6, 6.07) is 17.3. The maximum absolute atomic E-state index is 12.1. The van der Waals surface area contributed by atoms with Crippen LogP contribution in [0.5, 0.6) is 0 Å². The zero-order valence-electron chi connectivity index (χ0n) is 13.9. The van der Waals surface area contributed by atoms with Gasteiger partial charge in [-0.1, -0.05) is 35.9 Å². The van der Waals surface area contributed by atoms with Crippen molar-refractivity contribution in [1.82, 2.24) is 0 Å². The number of hydrogen-bond acceptors (Lipinski definition) is 4. The minimum absolute atomic E-state index is 0.0176. The normalized spacial score (nSPS) is 17.2. The zero-order chi connectivity index (χ0) is 16.8. The largest absolute Gasteiger partial charge is 0.459 e. The molecule has 24 heavy (non-hydrogen) atoms. The second-order valence-electron chi connectivity index (χ2n) is 6.13. The van der Waals surface area contributed by atoms with E-state index in [4.69, 9.17) is 4.74 Å². The summed E-state index contributed by atoms with van der Waals surface area (Å²) in [5.41, 5.74) is 7.06. The third-order valence-electron chi connectivity index (χ3n) is 4.19. The molecule has 1 fully saturated rings. The number of hydrazone groups is 1. The fourth-order valence-corrected chi connectivity index (χ4v) is 2.72. The standard InChI is InChI=1S/C20H22N2O2/c1-15-7-9-17(10-8-15)21-22-18-11-13-19(14-12-18)24-20(23)16-5-3-2-4-6-16/h2-10,19,21H,11-14H2,1H3. The highest BCUT2D eigenvalue weighted by atomic mass is 16.5. The molecule has 4 heteroatoms. The number of ether oxygens (including phenoxy) is 1. The average molecular weight is 322 g/mol. The summed E-state index contributed by atoms with van der Waals surface area (Å²) in [6.07, 6.45) is 3.34. The predicted molar refractivity (Wildman–Crippen MR) is 96.4 cm³/mol. The van der Waals surface area contributed by atoms with Gasteiger partial charge in [0.05, 0.1) is 11.3 Å². The lowest BCUT2D eigenvalue weighted by Crippen LogP contribution is -2.25. The number of nitrogens with zero attached hydrogens (tertiary/aromatic N) is 1. The first-order valence-corrected chi connectivity index (χ1v) is 8.35. The number of esters is 1. The lowest BCUT2D eigenvalue weighted by molar-refractivity contribution is 0.0256. The van der Waals surface area contributed by atoms with Gasteiger partial charge in [-0.25, -0.2) is 4.79 Å². The van der Waals surface area contributed by atoms with Crippen molar-refractivity contribution in [3.63, 3.8) is 0 Å². The van der Waals surface area contributed by atoms with Crippen LogP contribution < -0.4 is 5.43 Å². The molecule has 0 radical (unpaired) electrons. The van der Waals surface area contributed by atoms with E-state index in [1.807, 2.05) is 30.3 Å². The van der Waals surface area contributed by atoms with Gasteiger partial charge in [0.25, 0.3) is 0 Å². The van der Waals surface area contributed by atoms with Crippen LogP contribution in [0.2, 0.25) is 0 Å². The van der Waals surface area contributed by atoms with Crippen molar-refractivity contribution < 1.29 is 9.53 Å². The average Bonchev–Trinajstić information content (AvgIpc) is 2.63. The molecule has 1 saturated carbocycles. The van der Waals surface area contributed by atoms with E-state index in [9.17, 15) is 4.79 Å². The van der Waals surface area contributed by atoms with Crippen LogP contribution in [0, 0.1) is 6.92 Å². The molecule has 1 aliphatic carbocycles. The Balaban J connectivity index is 1.48. The lowest BCUT2D eigenvalue weighted by Gasteiger charge is -2.23. The number of hydrogen-bond donors (Lipinski definition) is 1. The smallest absolute Gasteiger partial charge is 0.338 e. The molecule has 0 heterocycles. The van der Waals surface area contributed by atoms with Crippen molar-refractivity contribution in [3.8, 4) is 0 Å². The predicted octanol–water partition coefficient (Wildman–Crippen LogP) is 4.56. The number of anilines is 1. The molecular weight excluding hydrogens is 300 g/mol. The Bertz CT molecular complexity index is 698. The summed E-state index contributed by atoms with van der Waals surface area (Å²) in [5, 5.41) is 4.48. The Labute approximate surface area is 142 Å². The molecule has 124 valence electrons. The van der Waals surface area contributed by atoms with Crippen LogP contribution in [0.4, 0.5) is 5.69 Å². The Morgan fingerprint density at radius 3 is 2.38 bits per heavy atom. The van der Waals surface area contributed by atoms with Gasteiger partial charge in [-0.2, -0.15) is 5.10 Å². The molecule has 2 aromatic rings. The number of benzene rings is 2. The van der Waals surface area contributed by atoms with Crippen LogP contribution in [-0.2, 0) is 4.74 Å². The van der Waals surface area contributed by atoms with Crippen molar-refractivity contribution in [2.45, 2.75) is 38.7 Å². The number of aryl methyl sites for hydroxylation is 1. The van der Waals surface area contributed by atoms with E-state index >= 15 is 0 Å². The Morgan fingerprint density at radius 1 is 1.04 bits per heavy atom. The molecule has 0 saturated heterocycles. The summed E-state index contributed by atoms with van der Waals surface area (Å²) in [5.74, 6) is -0.237. The minimum Gasteiger partial charge on any atom is -0.459 e. The molecule has 1 aliphatic rings. The quantitative estimate of drug-likeness (QED) is 0.663. The second-order valence-corrected chi connectivity index (χ2v) is 6.13. The van der Waals surface area contributed by atoms with Gasteiger partial charge in [0, 0.05) is 5.71 Å². The van der Waals surface area contributed by atoms with E-state index in [1.165, 1.54) is 5.56 Å². The van der Waals surface area contributed by atoms with E-state index in [1.54, 1.807) is 12.1 Å². The van der Waals surface area contributed by atoms with E-state index < -0.39 is 0 Å². The van der Waals surface area contributed by atoms with E-state index in [0.29, 0.717) is 5.56 Å². The van der Waals surface area contributed by atoms with Crippen molar-refractivity contribution in [2.24, 2.45) is 5.10 Å². The molecule has 0 spiro atoms. The molecule has 0 aromatic heterocycles. The van der Waals surface area contributed by atoms with Crippen molar-refractivity contribution >= 4 is 17.4 Å². The highest BCUT2D eigenvalue weighted by Gasteiger charge is 2.21. The Kier molecular flexibility index (Phi) is 5.26. The van der Waals surface area contributed by atoms with Crippen molar-refractivity contribution in [1.29, 1.82) is 0 Å². The first-order chi connectivity index (χ1) is 11.7. The molecule has 0 bridgehead atoms. The fourth-order valence-electron chi connectivity index (χ4n) is 2.72. The molecule has 0 amide bonds. The molecule has 0 unspecified atom stereocenters. The van der Waals surface area contributed by atoms with Gasteiger partial charge < -0.3 is 4.74 Å². The molecule has 3 rings (SSSR count). The topological polar surface area (TPSA) is 50.7 Å². The third kappa shape index (κ3) is 4.44. The summed E-state index contributed by atoms with van der Waals surface area (Å²) in [4.78, 5) is 12.1. The third-order valence-corrected chi connectivity index (χ3v) is 4.19. The highest BCUT2D eigenvalue weighted by molar-refractivity contribution is 5.90. The minimum atomic E-state index is -0.237. The van der Waals surface area contributed by atoms with Gasteiger partial charge in [-0.3, -0.25) is 5.43 Å². The van der Waals surface area contributed by atoms with Gasteiger partial charge in [0.15, 0.2) is 0 Å². The zero-order valence-corrected chi connectivity index (χ0v) is 13.9. The first kappa shape index (κ1) is 16.2. The summed E-state index contributed by atoms with van der Waals surface area (Å²) >= 11 is 0. The summed E-state index contributed by atoms with van der Waals surface area (Å²) in [7, 11) is 0. The summed E-state index contributed by atoms with van der Waals surface area (Å²) in [6.45, 7) is 2.06. The lowest BCUT2D eigenvalue weighted by atomic mass is 9.96. The van der Waals surface area contributed by atoms with Gasteiger partial charge in [-0.15, -0.1) is 0 Å². The second kappa shape index (κ2) is 7.77. The van der Waals surface area contributed by atoms with Crippen LogP contribution in [0.15, 0.2) is 59.7 Å². The van der Waals surface area contributed by atoms with Crippen molar-refractivity contribution in [2.75, 3.05) is 5.43 Å². The van der Waals surface area contributed by atoms with E-state index in [0.717, 1.165) is 37.1 Å². The molecule has 1 N–H and O–H groups in total. The SMILES string of the molecule is Cc1ccc(NN=C2CCC(OC(=O)c3ccccc3)CC2)cc1. The Hall–Kier alpha value is -2.62. The fraction of sp³-hybridized carbons (Fsp3) is 0.300. The van der Waals surface area contributed by atoms with Crippen LogP contribution in [0.1, 0.15) is 41.6 Å². The van der Waals surface area contributed by atoms with Crippen LogP contribution in [0.3, 0.4) is 0 Å². The van der Waals surface area contributed by atoms with Gasteiger partial charge >= 0.3 is 5.97 Å². The molecule has 0 aliphatic heterocycles. The van der Waals surface area contributed by atoms with Gasteiger partial charge in [0.2, 0.25) is 0 Å². The van der Waals surface area contributed by atoms with Gasteiger partial charge in [-0.05, 0) is 56.9 Å². The molecule has 2 aromatic carbocycles. The number of carbonyl (C=O) groups excluding carboxylic acids is 1. The van der Waals surface area contributed by atoms with Gasteiger partial charge in [0.1, 0.15) is 6.10 Å². The summed E-state index contributed by atoms with van der Waals surface area (Å²) < 4.78 is 5.59. The molecule has 4 nitrogen and oxygen atoms in total. The van der Waals surface area contributed by atoms with Crippen molar-refractivity contribution in [3.05, 3.63) is 65.7 Å². The maximum atomic E-state index is 12.1. The number of rotatable bonds is 4. The van der Waals surface area contributed by atoms with E-state index in [2.05, 4.69) is 29.6 Å². The monoisotopic (exact) mass is 322 g/mol. The number of carbonyl (C=O) groups is 1. The first-order valence-electron chi connectivity index (χ1n) is 8.35. The highest BCUT2D eigenvalue weighted by Crippen LogP contribution is 2.21. The Morgan fingerprint density at radius 2 is 1.71 bits per heavy atom. The molecular formula is C20H22N2O2.